The van der Waals surface area contributed by atoms with Crippen LogP contribution in [0.2, 0.25) is 0 Å². The molecule has 23 heavy (non-hydrogen) atoms. The lowest BCUT2D eigenvalue weighted by molar-refractivity contribution is -0.136. The predicted molar refractivity (Wildman–Crippen MR) is 94.8 cm³/mol. The van der Waals surface area contributed by atoms with Crippen LogP contribution in [0.4, 0.5) is 0 Å². The van der Waals surface area contributed by atoms with E-state index < -0.39 is 0 Å². The van der Waals surface area contributed by atoms with Gasteiger partial charge in [0, 0.05) is 37.1 Å². The molecular weight excluding hydrogens is 356 g/mol. The summed E-state index contributed by atoms with van der Waals surface area (Å²) in [6, 6.07) is 7.96. The van der Waals surface area contributed by atoms with Crippen molar-refractivity contribution in [2.24, 2.45) is 5.92 Å². The Morgan fingerprint density at radius 2 is 2.00 bits per heavy atom. The zero-order valence-corrected chi connectivity index (χ0v) is 15.5. The fourth-order valence-corrected chi connectivity index (χ4v) is 3.52. The Labute approximate surface area is 147 Å². The van der Waals surface area contributed by atoms with Crippen molar-refractivity contribution < 1.29 is 9.59 Å². The van der Waals surface area contributed by atoms with Gasteiger partial charge in [-0.25, -0.2) is 0 Å². The van der Waals surface area contributed by atoms with E-state index in [-0.39, 0.29) is 17.7 Å². The fourth-order valence-electron chi connectivity index (χ4n) is 3.08. The van der Waals surface area contributed by atoms with Crippen molar-refractivity contribution in [1.82, 2.24) is 9.80 Å². The number of hydrogen-bond donors (Lipinski definition) is 0. The fraction of sp³-hybridized carbons (Fsp3) is 0.556. The summed E-state index contributed by atoms with van der Waals surface area (Å²) in [4.78, 5) is 28.6. The van der Waals surface area contributed by atoms with E-state index in [0.717, 1.165) is 36.0 Å². The number of hydrogen-bond acceptors (Lipinski definition) is 2. The smallest absolute Gasteiger partial charge is 0.227 e. The average molecular weight is 381 g/mol. The van der Waals surface area contributed by atoms with Crippen LogP contribution in [0.15, 0.2) is 28.7 Å². The third-order valence-corrected chi connectivity index (χ3v) is 4.62. The van der Waals surface area contributed by atoms with Gasteiger partial charge >= 0.3 is 0 Å². The van der Waals surface area contributed by atoms with Crippen molar-refractivity contribution in [3.8, 4) is 0 Å². The summed E-state index contributed by atoms with van der Waals surface area (Å²) in [5.41, 5.74) is 1.08. The number of carbonyl (C=O) groups is 2. The predicted octanol–water partition coefficient (Wildman–Crippen LogP) is 3.45. The van der Waals surface area contributed by atoms with Crippen molar-refractivity contribution in [3.05, 3.63) is 34.3 Å². The second kappa shape index (κ2) is 8.48. The maximum Gasteiger partial charge on any atom is 0.227 e. The van der Waals surface area contributed by atoms with Gasteiger partial charge in [-0.05, 0) is 30.5 Å². The van der Waals surface area contributed by atoms with Gasteiger partial charge in [-0.2, -0.15) is 0 Å². The Kier molecular flexibility index (Phi) is 6.63. The molecule has 0 bridgehead atoms. The molecule has 0 spiro atoms. The summed E-state index contributed by atoms with van der Waals surface area (Å²) in [5.74, 6) is 0.0304. The third-order valence-electron chi connectivity index (χ3n) is 4.12. The molecule has 126 valence electrons. The van der Waals surface area contributed by atoms with Gasteiger partial charge < -0.3 is 9.80 Å². The summed E-state index contributed by atoms with van der Waals surface area (Å²) in [7, 11) is 0. The average Bonchev–Trinajstić information content (AvgIpc) is 2.87. The number of amides is 2. The molecule has 0 unspecified atom stereocenters. The summed E-state index contributed by atoms with van der Waals surface area (Å²) < 4.78 is 1.01. The molecule has 1 fully saturated rings. The molecule has 1 heterocycles. The molecule has 5 heteroatoms. The van der Waals surface area contributed by atoms with Crippen molar-refractivity contribution in [2.75, 3.05) is 19.6 Å². The van der Waals surface area contributed by atoms with Crippen molar-refractivity contribution in [2.45, 2.75) is 39.7 Å². The minimum Gasteiger partial charge on any atom is -0.342 e. The van der Waals surface area contributed by atoms with Crippen molar-refractivity contribution >= 4 is 27.7 Å². The molecule has 0 saturated carbocycles. The molecule has 1 aromatic carbocycles. The Bertz CT molecular complexity index is 556. The lowest BCUT2D eigenvalue weighted by Crippen LogP contribution is -2.38. The second-order valence-electron chi connectivity index (χ2n) is 6.13. The normalized spacial score (nSPS) is 17.6. The van der Waals surface area contributed by atoms with E-state index >= 15 is 0 Å². The number of nitrogens with zero attached hydrogens (tertiary/aromatic N) is 2. The molecule has 0 radical (unpaired) electrons. The Morgan fingerprint density at radius 3 is 2.61 bits per heavy atom. The largest absolute Gasteiger partial charge is 0.342 e. The molecule has 4 nitrogen and oxygen atoms in total. The maximum absolute atomic E-state index is 12.7. The van der Waals surface area contributed by atoms with Crippen molar-refractivity contribution in [1.29, 1.82) is 0 Å². The lowest BCUT2D eigenvalue weighted by Gasteiger charge is -2.24. The van der Waals surface area contributed by atoms with Crippen LogP contribution in [0, 0.1) is 5.92 Å². The van der Waals surface area contributed by atoms with E-state index in [1.807, 2.05) is 29.2 Å². The van der Waals surface area contributed by atoms with Gasteiger partial charge in [-0.3, -0.25) is 9.59 Å². The van der Waals surface area contributed by atoms with Crippen LogP contribution < -0.4 is 0 Å². The molecule has 1 atom stereocenters. The third kappa shape index (κ3) is 4.80. The van der Waals surface area contributed by atoms with Gasteiger partial charge in [0.2, 0.25) is 11.8 Å². The second-order valence-corrected chi connectivity index (χ2v) is 7.05. The van der Waals surface area contributed by atoms with E-state index in [1.54, 1.807) is 4.90 Å². The van der Waals surface area contributed by atoms with Crippen molar-refractivity contribution in [3.63, 3.8) is 0 Å². The van der Waals surface area contributed by atoms with Crippen LogP contribution in [0.3, 0.4) is 0 Å². The summed E-state index contributed by atoms with van der Waals surface area (Å²) in [5, 5.41) is 0. The topological polar surface area (TPSA) is 40.6 Å². The Morgan fingerprint density at radius 1 is 1.30 bits per heavy atom. The highest BCUT2D eigenvalue weighted by Crippen LogP contribution is 2.23. The summed E-state index contributed by atoms with van der Waals surface area (Å²) >= 11 is 3.45. The number of benzene rings is 1. The first-order valence-corrected chi connectivity index (χ1v) is 9.15. The quantitative estimate of drug-likeness (QED) is 0.726. The molecule has 1 aromatic rings. The highest BCUT2D eigenvalue weighted by molar-refractivity contribution is 9.10. The first-order valence-electron chi connectivity index (χ1n) is 8.36. The molecule has 1 saturated heterocycles. The molecule has 0 N–H and O–H groups in total. The highest BCUT2D eigenvalue weighted by Gasteiger charge is 2.36. The molecular formula is C18H25BrN2O2. The number of rotatable bonds is 7. The monoisotopic (exact) mass is 380 g/mol. The first kappa shape index (κ1) is 18.0. The van der Waals surface area contributed by atoms with Gasteiger partial charge in [0.25, 0.3) is 0 Å². The molecule has 1 aliphatic rings. The summed E-state index contributed by atoms with van der Waals surface area (Å²) in [6.45, 7) is 6.83. The van der Waals surface area contributed by atoms with E-state index in [1.165, 1.54) is 0 Å². The van der Waals surface area contributed by atoms with E-state index in [0.29, 0.717) is 19.5 Å². The van der Waals surface area contributed by atoms with Crippen LogP contribution in [-0.4, -0.2) is 41.2 Å². The number of halogens is 1. The van der Waals surface area contributed by atoms with Gasteiger partial charge in [-0.1, -0.05) is 41.9 Å². The molecule has 1 aliphatic heterocycles. The van der Waals surface area contributed by atoms with Crippen LogP contribution in [0.25, 0.3) is 0 Å². The van der Waals surface area contributed by atoms with Crippen LogP contribution >= 0.6 is 15.9 Å². The van der Waals surface area contributed by atoms with Gasteiger partial charge in [0.1, 0.15) is 0 Å². The molecule has 2 rings (SSSR count). The standard InChI is InChI=1S/C18H25BrN2O2/c1-3-8-20(9-4-2)18(23)15-11-17(22)21(13-15)12-14-6-5-7-16(19)10-14/h5-7,10,15H,3-4,8-9,11-13H2,1-2H3/t15-/m0/s1. The zero-order valence-electron chi connectivity index (χ0n) is 13.9. The maximum atomic E-state index is 12.7. The minimum atomic E-state index is -0.187. The van der Waals surface area contributed by atoms with E-state index in [4.69, 9.17) is 0 Å². The van der Waals surface area contributed by atoms with E-state index in [2.05, 4.69) is 29.8 Å². The highest BCUT2D eigenvalue weighted by atomic mass is 79.9. The lowest BCUT2D eigenvalue weighted by atomic mass is 10.1. The van der Waals surface area contributed by atoms with Crippen LogP contribution in [0.5, 0.6) is 0 Å². The number of carbonyl (C=O) groups excluding carboxylic acids is 2. The molecule has 0 aromatic heterocycles. The first-order chi connectivity index (χ1) is 11.0. The molecule has 0 aliphatic carbocycles. The zero-order chi connectivity index (χ0) is 16.8. The van der Waals surface area contributed by atoms with Crippen LogP contribution in [-0.2, 0) is 16.1 Å². The Balaban J connectivity index is 1.99. The molecule has 2 amide bonds. The van der Waals surface area contributed by atoms with Gasteiger partial charge in [0.15, 0.2) is 0 Å². The summed E-state index contributed by atoms with van der Waals surface area (Å²) in [6.07, 6.45) is 2.25. The van der Waals surface area contributed by atoms with Gasteiger partial charge in [0.05, 0.1) is 5.92 Å². The van der Waals surface area contributed by atoms with Crippen LogP contribution in [0.1, 0.15) is 38.7 Å². The van der Waals surface area contributed by atoms with E-state index in [9.17, 15) is 9.59 Å². The minimum absolute atomic E-state index is 0.0799. The SMILES string of the molecule is CCCN(CCC)C(=O)[C@H]1CC(=O)N(Cc2cccc(Br)c2)C1. The van der Waals surface area contributed by atoms with Gasteiger partial charge in [-0.15, -0.1) is 0 Å². The number of likely N-dealkylation sites (tertiary alicyclic amines) is 1. The Hall–Kier alpha value is -1.36.